The number of ketones is 1. The minimum atomic E-state index is -0.327. The third-order valence-electron chi connectivity index (χ3n) is 2.61. The van der Waals surface area contributed by atoms with Gasteiger partial charge in [-0.3, -0.25) is 4.79 Å². The molecular weight excluding hydrogens is 205 g/mol. The topological polar surface area (TPSA) is 20.3 Å². The fourth-order valence-corrected chi connectivity index (χ4v) is 1.55. The summed E-state index contributed by atoms with van der Waals surface area (Å²) in [5.41, 5.74) is 0.976. The van der Waals surface area contributed by atoms with Gasteiger partial charge in [-0.25, -0.2) is 4.39 Å². The van der Waals surface area contributed by atoms with Crippen molar-refractivity contribution in [1.82, 2.24) is 0 Å². The Morgan fingerprint density at radius 1 is 1.44 bits per heavy atom. The molecule has 0 amide bonds. The second-order valence-electron chi connectivity index (χ2n) is 4.00. The van der Waals surface area contributed by atoms with Crippen LogP contribution in [0, 0.1) is 5.82 Å². The molecule has 0 aliphatic carbocycles. The lowest BCUT2D eigenvalue weighted by molar-refractivity contribution is 0.101. The van der Waals surface area contributed by atoms with Crippen molar-refractivity contribution in [1.29, 1.82) is 0 Å². The van der Waals surface area contributed by atoms with E-state index in [9.17, 15) is 9.18 Å². The van der Waals surface area contributed by atoms with Gasteiger partial charge < -0.3 is 4.90 Å². The molecule has 1 aromatic rings. The van der Waals surface area contributed by atoms with Crippen LogP contribution in [0.25, 0.3) is 0 Å². The van der Waals surface area contributed by atoms with E-state index in [1.165, 1.54) is 13.0 Å². The van der Waals surface area contributed by atoms with Gasteiger partial charge in [-0.05, 0) is 31.5 Å². The van der Waals surface area contributed by atoms with Gasteiger partial charge in [-0.15, -0.1) is 0 Å². The van der Waals surface area contributed by atoms with E-state index in [2.05, 4.69) is 6.92 Å². The average Bonchev–Trinajstić information content (AvgIpc) is 2.25. The molecule has 0 saturated carbocycles. The highest BCUT2D eigenvalue weighted by molar-refractivity contribution is 5.94. The van der Waals surface area contributed by atoms with Crippen LogP contribution in [-0.2, 0) is 0 Å². The highest BCUT2D eigenvalue weighted by Crippen LogP contribution is 2.20. The lowest BCUT2D eigenvalue weighted by Crippen LogP contribution is -2.19. The SMILES string of the molecule is CCCCN(C)c1ccc(C(C)=O)cc1F. The molecule has 0 unspecified atom stereocenters. The molecule has 0 spiro atoms. The Bertz CT molecular complexity index is 376. The molecule has 1 aromatic carbocycles. The zero-order valence-electron chi connectivity index (χ0n) is 10.1. The van der Waals surface area contributed by atoms with E-state index in [0.29, 0.717) is 11.3 Å². The van der Waals surface area contributed by atoms with Gasteiger partial charge in [0, 0.05) is 19.2 Å². The summed E-state index contributed by atoms with van der Waals surface area (Å²) in [5, 5.41) is 0. The van der Waals surface area contributed by atoms with Crippen LogP contribution < -0.4 is 4.90 Å². The van der Waals surface area contributed by atoms with E-state index in [1.807, 2.05) is 11.9 Å². The quantitative estimate of drug-likeness (QED) is 0.714. The van der Waals surface area contributed by atoms with E-state index in [4.69, 9.17) is 0 Å². The fraction of sp³-hybridized carbons (Fsp3) is 0.462. The number of unbranched alkanes of at least 4 members (excludes halogenated alkanes) is 1. The Hall–Kier alpha value is -1.38. The molecule has 0 saturated heterocycles. The van der Waals surface area contributed by atoms with Crippen LogP contribution in [0.4, 0.5) is 10.1 Å². The van der Waals surface area contributed by atoms with Gasteiger partial charge in [0.15, 0.2) is 5.78 Å². The van der Waals surface area contributed by atoms with Crippen molar-refractivity contribution in [2.24, 2.45) is 0 Å². The molecule has 2 nitrogen and oxygen atoms in total. The smallest absolute Gasteiger partial charge is 0.159 e. The number of anilines is 1. The van der Waals surface area contributed by atoms with Crippen LogP contribution in [-0.4, -0.2) is 19.4 Å². The number of halogens is 1. The largest absolute Gasteiger partial charge is 0.372 e. The zero-order valence-corrected chi connectivity index (χ0v) is 10.1. The zero-order chi connectivity index (χ0) is 12.1. The Morgan fingerprint density at radius 3 is 2.62 bits per heavy atom. The maximum absolute atomic E-state index is 13.7. The monoisotopic (exact) mass is 223 g/mol. The predicted octanol–water partition coefficient (Wildman–Crippen LogP) is 3.26. The second-order valence-corrected chi connectivity index (χ2v) is 4.00. The van der Waals surface area contributed by atoms with Crippen LogP contribution in [0.5, 0.6) is 0 Å². The van der Waals surface area contributed by atoms with Crippen LogP contribution in [0.15, 0.2) is 18.2 Å². The van der Waals surface area contributed by atoms with Crippen molar-refractivity contribution < 1.29 is 9.18 Å². The number of hydrogen-bond acceptors (Lipinski definition) is 2. The normalized spacial score (nSPS) is 10.2. The molecule has 88 valence electrons. The maximum atomic E-state index is 13.7. The number of Topliss-reactive ketones (excluding diaryl/α,β-unsaturated/α-hetero) is 1. The summed E-state index contributed by atoms with van der Waals surface area (Å²) >= 11 is 0. The van der Waals surface area contributed by atoms with Crippen LogP contribution in [0.1, 0.15) is 37.0 Å². The Morgan fingerprint density at radius 2 is 2.12 bits per heavy atom. The lowest BCUT2D eigenvalue weighted by Gasteiger charge is -2.19. The van der Waals surface area contributed by atoms with Crippen molar-refractivity contribution >= 4 is 11.5 Å². The summed E-state index contributed by atoms with van der Waals surface area (Å²) in [7, 11) is 1.86. The maximum Gasteiger partial charge on any atom is 0.159 e. The lowest BCUT2D eigenvalue weighted by atomic mass is 10.1. The van der Waals surface area contributed by atoms with E-state index in [1.54, 1.807) is 12.1 Å². The minimum Gasteiger partial charge on any atom is -0.372 e. The van der Waals surface area contributed by atoms with Gasteiger partial charge in [0.25, 0.3) is 0 Å². The third-order valence-corrected chi connectivity index (χ3v) is 2.61. The Labute approximate surface area is 96.1 Å². The van der Waals surface area contributed by atoms with E-state index in [0.717, 1.165) is 19.4 Å². The predicted molar refractivity (Wildman–Crippen MR) is 64.6 cm³/mol. The first kappa shape index (κ1) is 12.7. The summed E-state index contributed by atoms with van der Waals surface area (Å²) in [5.74, 6) is -0.437. The van der Waals surface area contributed by atoms with Crippen molar-refractivity contribution in [3.8, 4) is 0 Å². The van der Waals surface area contributed by atoms with Crippen molar-refractivity contribution in [3.05, 3.63) is 29.6 Å². The number of hydrogen-bond donors (Lipinski definition) is 0. The fourth-order valence-electron chi connectivity index (χ4n) is 1.55. The molecule has 3 heteroatoms. The van der Waals surface area contributed by atoms with Gasteiger partial charge in [-0.1, -0.05) is 13.3 Å². The van der Waals surface area contributed by atoms with E-state index >= 15 is 0 Å². The van der Waals surface area contributed by atoms with Gasteiger partial charge in [0.05, 0.1) is 5.69 Å². The minimum absolute atomic E-state index is 0.110. The van der Waals surface area contributed by atoms with Crippen LogP contribution in [0.2, 0.25) is 0 Å². The molecule has 0 N–H and O–H groups in total. The molecule has 16 heavy (non-hydrogen) atoms. The second kappa shape index (κ2) is 5.64. The summed E-state index contributed by atoms with van der Waals surface area (Å²) in [6, 6.07) is 4.64. The van der Waals surface area contributed by atoms with Gasteiger partial charge in [0.2, 0.25) is 0 Å². The molecule has 0 atom stereocenters. The standard InChI is InChI=1S/C13H18FNO/c1-4-5-8-15(3)13-7-6-11(10(2)16)9-12(13)14/h6-7,9H,4-5,8H2,1-3H3. The van der Waals surface area contributed by atoms with E-state index < -0.39 is 0 Å². The molecule has 0 fully saturated rings. The Balaban J connectivity index is 2.85. The van der Waals surface area contributed by atoms with Gasteiger partial charge in [0.1, 0.15) is 5.82 Å². The molecule has 1 rings (SSSR count). The molecular formula is C13H18FNO. The first-order valence-corrected chi connectivity index (χ1v) is 5.58. The van der Waals surface area contributed by atoms with Crippen LogP contribution >= 0.6 is 0 Å². The van der Waals surface area contributed by atoms with Crippen LogP contribution in [0.3, 0.4) is 0 Å². The highest BCUT2D eigenvalue weighted by Gasteiger charge is 2.09. The number of benzene rings is 1. The third kappa shape index (κ3) is 3.05. The van der Waals surface area contributed by atoms with Crippen molar-refractivity contribution in [2.75, 3.05) is 18.5 Å². The Kier molecular flexibility index (Phi) is 4.47. The highest BCUT2D eigenvalue weighted by atomic mass is 19.1. The number of carbonyl (C=O) groups excluding carboxylic acids is 1. The average molecular weight is 223 g/mol. The summed E-state index contributed by atoms with van der Waals surface area (Å²) in [6.45, 7) is 4.37. The van der Waals surface area contributed by atoms with Gasteiger partial charge in [-0.2, -0.15) is 0 Å². The molecule has 0 radical (unpaired) electrons. The summed E-state index contributed by atoms with van der Waals surface area (Å²) < 4.78 is 13.7. The number of nitrogens with zero attached hydrogens (tertiary/aromatic N) is 1. The number of rotatable bonds is 5. The van der Waals surface area contributed by atoms with Crippen molar-refractivity contribution in [3.63, 3.8) is 0 Å². The van der Waals surface area contributed by atoms with E-state index in [-0.39, 0.29) is 11.6 Å². The summed E-state index contributed by atoms with van der Waals surface area (Å²) in [6.07, 6.45) is 2.11. The van der Waals surface area contributed by atoms with Gasteiger partial charge >= 0.3 is 0 Å². The molecule has 0 bridgehead atoms. The number of carbonyl (C=O) groups is 1. The summed E-state index contributed by atoms with van der Waals surface area (Å²) in [4.78, 5) is 12.9. The molecule has 0 aliphatic rings. The molecule has 0 aliphatic heterocycles. The molecule has 0 heterocycles. The molecule has 0 aromatic heterocycles. The van der Waals surface area contributed by atoms with Crippen molar-refractivity contribution in [2.45, 2.75) is 26.7 Å². The first-order valence-electron chi connectivity index (χ1n) is 5.58. The first-order chi connectivity index (χ1) is 7.56.